The van der Waals surface area contributed by atoms with Crippen LogP contribution in [0.2, 0.25) is 0 Å². The third-order valence-corrected chi connectivity index (χ3v) is 7.63. The molecule has 0 aliphatic heterocycles. The second-order valence-corrected chi connectivity index (χ2v) is 9.14. The summed E-state index contributed by atoms with van der Waals surface area (Å²) in [4.78, 5) is 4.64. The number of benzene rings is 3. The molecule has 0 saturated carbocycles. The maximum absolute atomic E-state index is 2.39. The molecular weight excluding hydrogens is 374 g/mol. The van der Waals surface area contributed by atoms with E-state index in [1.54, 1.807) is 0 Å². The molecule has 0 nitrogen and oxygen atoms in total. The molecule has 0 saturated heterocycles. The number of hydrogen-bond acceptors (Lipinski definition) is 0. The Bertz CT molecular complexity index is 926. The molecule has 3 aromatic carbocycles. The number of rotatable bonds is 0. The van der Waals surface area contributed by atoms with Gasteiger partial charge in [0.25, 0.3) is 0 Å². The van der Waals surface area contributed by atoms with Crippen LogP contribution < -0.4 is 0 Å². The topological polar surface area (TPSA) is 0 Å². The molecule has 2 aromatic heterocycles. The zero-order chi connectivity index (χ0) is 13.1. The van der Waals surface area contributed by atoms with Crippen LogP contribution in [0.4, 0.5) is 0 Å². The SMILES string of the molecule is c1cc2cc3cc4cc5[se]ccc5cc4cc3cc2[se]1. The summed E-state index contributed by atoms with van der Waals surface area (Å²) >= 11 is 1.06. The van der Waals surface area contributed by atoms with Crippen LogP contribution in [0.15, 0.2) is 58.4 Å². The van der Waals surface area contributed by atoms with Crippen molar-refractivity contribution in [2.45, 2.75) is 0 Å². The Labute approximate surface area is 128 Å². The molecule has 0 radical (unpaired) electrons. The van der Waals surface area contributed by atoms with E-state index in [0.717, 1.165) is 0 Å². The monoisotopic (exact) mass is 386 g/mol. The molecule has 0 aliphatic carbocycles. The van der Waals surface area contributed by atoms with Crippen molar-refractivity contribution in [3.05, 3.63) is 58.4 Å². The normalized spacial score (nSPS) is 12.0. The van der Waals surface area contributed by atoms with Gasteiger partial charge in [0.05, 0.1) is 0 Å². The van der Waals surface area contributed by atoms with Crippen LogP contribution in [0.5, 0.6) is 0 Å². The molecule has 0 aliphatic rings. The molecule has 2 heterocycles. The van der Waals surface area contributed by atoms with Crippen molar-refractivity contribution in [3.63, 3.8) is 0 Å². The minimum atomic E-state index is 0.529. The van der Waals surface area contributed by atoms with E-state index in [4.69, 9.17) is 0 Å². The molecular formula is C18H10Se2. The first-order valence-electron chi connectivity index (χ1n) is 6.59. The van der Waals surface area contributed by atoms with Crippen molar-refractivity contribution < 1.29 is 0 Å². The van der Waals surface area contributed by atoms with Gasteiger partial charge in [0, 0.05) is 0 Å². The molecule has 0 N–H and O–H groups in total. The summed E-state index contributed by atoms with van der Waals surface area (Å²) in [5.41, 5.74) is 0. The number of fused-ring (bicyclic) bond motifs is 4. The Morgan fingerprint density at radius 1 is 0.450 bits per heavy atom. The molecule has 0 fully saturated rings. The van der Waals surface area contributed by atoms with Gasteiger partial charge in [-0.25, -0.2) is 0 Å². The van der Waals surface area contributed by atoms with E-state index in [1.165, 1.54) is 40.8 Å². The molecule has 5 rings (SSSR count). The predicted octanol–water partition coefficient (Wildman–Crippen LogP) is 4.41. The fourth-order valence-electron chi connectivity index (χ4n) is 2.92. The molecule has 94 valence electrons. The Balaban J connectivity index is 1.98. The summed E-state index contributed by atoms with van der Waals surface area (Å²) in [5, 5.41) is 8.35. The summed E-state index contributed by atoms with van der Waals surface area (Å²) in [6.07, 6.45) is 0. The van der Waals surface area contributed by atoms with E-state index in [9.17, 15) is 0 Å². The summed E-state index contributed by atoms with van der Waals surface area (Å²) in [7, 11) is 0. The first-order chi connectivity index (χ1) is 9.87. The summed E-state index contributed by atoms with van der Waals surface area (Å²) in [6.45, 7) is 0. The molecule has 0 unspecified atom stereocenters. The van der Waals surface area contributed by atoms with Crippen LogP contribution in [-0.4, -0.2) is 29.0 Å². The quantitative estimate of drug-likeness (QED) is 0.274. The van der Waals surface area contributed by atoms with Gasteiger partial charge in [0.1, 0.15) is 0 Å². The predicted molar refractivity (Wildman–Crippen MR) is 90.3 cm³/mol. The van der Waals surface area contributed by atoms with Gasteiger partial charge in [-0.05, 0) is 0 Å². The molecule has 0 amide bonds. The zero-order valence-electron chi connectivity index (χ0n) is 10.6. The van der Waals surface area contributed by atoms with E-state index >= 15 is 0 Å². The molecule has 0 bridgehead atoms. The summed E-state index contributed by atoms with van der Waals surface area (Å²) in [5.74, 6) is 0. The van der Waals surface area contributed by atoms with Crippen LogP contribution in [0.1, 0.15) is 0 Å². The van der Waals surface area contributed by atoms with Crippen LogP contribution in [-0.2, 0) is 0 Å². The van der Waals surface area contributed by atoms with Crippen LogP contribution in [0.3, 0.4) is 0 Å². The van der Waals surface area contributed by atoms with E-state index in [2.05, 4.69) is 58.4 Å². The fraction of sp³-hybridized carbons (Fsp3) is 0. The third-order valence-electron chi connectivity index (χ3n) is 3.94. The van der Waals surface area contributed by atoms with Gasteiger partial charge in [-0.1, -0.05) is 0 Å². The Morgan fingerprint density at radius 3 is 1.35 bits per heavy atom. The van der Waals surface area contributed by atoms with E-state index < -0.39 is 0 Å². The average Bonchev–Trinajstić information content (AvgIpc) is 3.07. The van der Waals surface area contributed by atoms with Gasteiger partial charge in [-0.3, -0.25) is 0 Å². The van der Waals surface area contributed by atoms with Gasteiger partial charge in [-0.2, -0.15) is 0 Å². The van der Waals surface area contributed by atoms with E-state index in [0.29, 0.717) is 29.0 Å². The summed E-state index contributed by atoms with van der Waals surface area (Å²) < 4.78 is 3.04. The molecule has 20 heavy (non-hydrogen) atoms. The summed E-state index contributed by atoms with van der Waals surface area (Å²) in [6, 6.07) is 18.7. The maximum atomic E-state index is 2.39. The van der Waals surface area contributed by atoms with Gasteiger partial charge in [0.15, 0.2) is 0 Å². The van der Waals surface area contributed by atoms with E-state index in [1.807, 2.05) is 0 Å². The minimum absolute atomic E-state index is 0.529. The average molecular weight is 384 g/mol. The molecule has 0 atom stereocenters. The van der Waals surface area contributed by atoms with Crippen molar-refractivity contribution >= 4 is 69.8 Å². The number of hydrogen-bond donors (Lipinski definition) is 0. The van der Waals surface area contributed by atoms with Crippen molar-refractivity contribution in [1.82, 2.24) is 0 Å². The van der Waals surface area contributed by atoms with Crippen molar-refractivity contribution in [2.75, 3.05) is 0 Å². The van der Waals surface area contributed by atoms with Crippen LogP contribution in [0, 0.1) is 0 Å². The van der Waals surface area contributed by atoms with Gasteiger partial charge >= 0.3 is 128 Å². The molecule has 5 aromatic rings. The second kappa shape index (κ2) is 4.10. The first kappa shape index (κ1) is 11.4. The molecule has 2 heteroatoms. The zero-order valence-corrected chi connectivity index (χ0v) is 14.0. The van der Waals surface area contributed by atoms with Gasteiger partial charge in [0.2, 0.25) is 0 Å². The van der Waals surface area contributed by atoms with Gasteiger partial charge < -0.3 is 0 Å². The Hall–Kier alpha value is -1.30. The van der Waals surface area contributed by atoms with Crippen LogP contribution in [0.25, 0.3) is 40.8 Å². The fourth-order valence-corrected chi connectivity index (χ4v) is 6.36. The van der Waals surface area contributed by atoms with E-state index in [-0.39, 0.29) is 0 Å². The van der Waals surface area contributed by atoms with Crippen molar-refractivity contribution in [3.8, 4) is 0 Å². The Kier molecular flexibility index (Phi) is 2.33. The standard InChI is InChI=1S/C18H10Se2/c1-3-19-17-9-15-8-14-6-12-2-4-20-18(12)10-16(14)7-13(15)5-11(1)17/h1-10H. The van der Waals surface area contributed by atoms with Crippen molar-refractivity contribution in [1.29, 1.82) is 0 Å². The van der Waals surface area contributed by atoms with Crippen LogP contribution >= 0.6 is 0 Å². The molecule has 0 spiro atoms. The van der Waals surface area contributed by atoms with Gasteiger partial charge in [-0.15, -0.1) is 0 Å². The third kappa shape index (κ3) is 1.60. The first-order valence-corrected chi connectivity index (χ1v) is 10.3. The Morgan fingerprint density at radius 2 is 0.850 bits per heavy atom. The second-order valence-electron chi connectivity index (χ2n) is 5.17. The van der Waals surface area contributed by atoms with Crippen molar-refractivity contribution in [2.24, 2.45) is 0 Å².